The van der Waals surface area contributed by atoms with Gasteiger partial charge >= 0.3 is 0 Å². The summed E-state index contributed by atoms with van der Waals surface area (Å²) in [6.45, 7) is 0.327. The van der Waals surface area contributed by atoms with E-state index >= 15 is 0 Å². The first-order chi connectivity index (χ1) is 14.1. The Morgan fingerprint density at radius 1 is 1.24 bits per heavy atom. The van der Waals surface area contributed by atoms with E-state index in [1.807, 2.05) is 22.9 Å². The Morgan fingerprint density at radius 3 is 2.93 bits per heavy atom. The van der Waals surface area contributed by atoms with Crippen molar-refractivity contribution in [3.05, 3.63) is 64.2 Å². The zero-order chi connectivity index (χ0) is 20.2. The first kappa shape index (κ1) is 20.1. The standard InChI is InChI=1S/C20H18FN3O2S3/c21-14-4-1-3-13(7-14)8-18(25)24-12-27-11-16(24)19(26)22-9-15-10-29-20(23-15)17-5-2-6-28-17/h1-7,10,16H,8-9,11-12H2,(H,22,26)/t16-/m1/s1. The highest BCUT2D eigenvalue weighted by atomic mass is 32.2. The monoisotopic (exact) mass is 447 g/mol. The molecule has 1 fully saturated rings. The van der Waals surface area contributed by atoms with Gasteiger partial charge < -0.3 is 10.2 Å². The lowest BCUT2D eigenvalue weighted by atomic mass is 10.1. The summed E-state index contributed by atoms with van der Waals surface area (Å²) in [4.78, 5) is 32.6. The van der Waals surface area contributed by atoms with Gasteiger partial charge in [0.15, 0.2) is 0 Å². The van der Waals surface area contributed by atoms with Crippen molar-refractivity contribution in [2.24, 2.45) is 0 Å². The number of carbonyl (C=O) groups is 2. The Kier molecular flexibility index (Phi) is 6.27. The molecule has 1 aromatic carbocycles. The number of amides is 2. The molecular weight excluding hydrogens is 429 g/mol. The molecule has 3 heterocycles. The van der Waals surface area contributed by atoms with Gasteiger partial charge in [-0.05, 0) is 29.1 Å². The summed E-state index contributed by atoms with van der Waals surface area (Å²) in [5, 5.41) is 7.78. The van der Waals surface area contributed by atoms with E-state index in [4.69, 9.17) is 0 Å². The van der Waals surface area contributed by atoms with Crippen LogP contribution >= 0.6 is 34.4 Å². The van der Waals surface area contributed by atoms with Crippen molar-refractivity contribution < 1.29 is 14.0 Å². The molecule has 0 unspecified atom stereocenters. The van der Waals surface area contributed by atoms with Gasteiger partial charge in [-0.25, -0.2) is 9.37 Å². The van der Waals surface area contributed by atoms with Crippen molar-refractivity contribution in [2.75, 3.05) is 11.6 Å². The van der Waals surface area contributed by atoms with Gasteiger partial charge in [0.25, 0.3) is 0 Å². The van der Waals surface area contributed by atoms with Crippen LogP contribution in [0.4, 0.5) is 4.39 Å². The maximum atomic E-state index is 13.4. The molecule has 29 heavy (non-hydrogen) atoms. The van der Waals surface area contributed by atoms with Crippen LogP contribution in [0.1, 0.15) is 11.3 Å². The third-order valence-electron chi connectivity index (χ3n) is 4.48. The van der Waals surface area contributed by atoms with Crippen LogP contribution < -0.4 is 5.32 Å². The first-order valence-corrected chi connectivity index (χ1v) is 11.9. The number of nitrogens with zero attached hydrogens (tertiary/aromatic N) is 2. The van der Waals surface area contributed by atoms with Gasteiger partial charge in [-0.15, -0.1) is 34.4 Å². The molecule has 1 aliphatic rings. The largest absolute Gasteiger partial charge is 0.349 e. The minimum Gasteiger partial charge on any atom is -0.349 e. The number of hydrogen-bond donors (Lipinski definition) is 1. The smallest absolute Gasteiger partial charge is 0.244 e. The lowest BCUT2D eigenvalue weighted by Crippen LogP contribution is -2.47. The van der Waals surface area contributed by atoms with E-state index in [-0.39, 0.29) is 24.1 Å². The lowest BCUT2D eigenvalue weighted by molar-refractivity contribution is -0.137. The van der Waals surface area contributed by atoms with E-state index in [1.54, 1.807) is 51.5 Å². The summed E-state index contributed by atoms with van der Waals surface area (Å²) in [7, 11) is 0. The van der Waals surface area contributed by atoms with Gasteiger partial charge in [0.1, 0.15) is 16.9 Å². The Balaban J connectivity index is 1.34. The summed E-state index contributed by atoms with van der Waals surface area (Å²) < 4.78 is 13.4. The fourth-order valence-electron chi connectivity index (χ4n) is 3.03. The van der Waals surface area contributed by atoms with Gasteiger partial charge in [0, 0.05) is 11.1 Å². The Hall–Kier alpha value is -2.23. The molecule has 1 N–H and O–H groups in total. The zero-order valence-electron chi connectivity index (χ0n) is 15.3. The molecular formula is C20H18FN3O2S3. The number of thiophene rings is 1. The van der Waals surface area contributed by atoms with Gasteiger partial charge in [-0.1, -0.05) is 18.2 Å². The molecule has 4 rings (SSSR count). The molecule has 0 saturated carbocycles. The average molecular weight is 448 g/mol. The number of thioether (sulfide) groups is 1. The number of benzene rings is 1. The third kappa shape index (κ3) is 4.85. The van der Waals surface area contributed by atoms with Crippen molar-refractivity contribution in [3.63, 3.8) is 0 Å². The predicted octanol–water partition coefficient (Wildman–Crippen LogP) is 3.77. The number of carbonyl (C=O) groups excluding carboxylic acids is 2. The number of thiazole rings is 1. The molecule has 5 nitrogen and oxygen atoms in total. The maximum absolute atomic E-state index is 13.4. The summed E-state index contributed by atoms with van der Waals surface area (Å²) in [6.07, 6.45) is 0.0817. The van der Waals surface area contributed by atoms with Crippen LogP contribution in [0.25, 0.3) is 9.88 Å². The summed E-state index contributed by atoms with van der Waals surface area (Å²) >= 11 is 4.72. The predicted molar refractivity (Wildman–Crippen MR) is 115 cm³/mol. The van der Waals surface area contributed by atoms with Gasteiger partial charge in [-0.2, -0.15) is 0 Å². The number of hydrogen-bond acceptors (Lipinski definition) is 6. The first-order valence-electron chi connectivity index (χ1n) is 8.98. The van der Waals surface area contributed by atoms with Crippen molar-refractivity contribution in [1.29, 1.82) is 0 Å². The van der Waals surface area contributed by atoms with E-state index < -0.39 is 6.04 Å². The average Bonchev–Trinajstić information content (AvgIpc) is 3.47. The highest BCUT2D eigenvalue weighted by molar-refractivity contribution is 7.99. The maximum Gasteiger partial charge on any atom is 0.244 e. The SMILES string of the molecule is O=C(NCc1csc(-c2cccs2)n1)[C@H]1CSCN1C(=O)Cc1cccc(F)c1. The van der Waals surface area contributed by atoms with Crippen LogP contribution in [-0.4, -0.2) is 39.4 Å². The van der Waals surface area contributed by atoms with E-state index in [1.165, 1.54) is 12.1 Å². The number of aromatic nitrogens is 1. The Bertz CT molecular complexity index is 1010. The second-order valence-electron chi connectivity index (χ2n) is 6.53. The lowest BCUT2D eigenvalue weighted by Gasteiger charge is -2.23. The van der Waals surface area contributed by atoms with Gasteiger partial charge in [0.05, 0.1) is 29.4 Å². The fourth-order valence-corrected chi connectivity index (χ4v) is 5.84. The molecule has 150 valence electrons. The molecule has 2 aromatic heterocycles. The summed E-state index contributed by atoms with van der Waals surface area (Å²) in [6, 6.07) is 9.48. The molecule has 0 radical (unpaired) electrons. The molecule has 1 aliphatic heterocycles. The number of halogens is 1. The topological polar surface area (TPSA) is 62.3 Å². The summed E-state index contributed by atoms with van der Waals surface area (Å²) in [5.74, 6) is 0.289. The molecule has 0 spiro atoms. The minimum absolute atomic E-state index is 0.0817. The van der Waals surface area contributed by atoms with Gasteiger partial charge in [0.2, 0.25) is 11.8 Å². The molecule has 9 heteroatoms. The molecule has 3 aromatic rings. The van der Waals surface area contributed by atoms with Crippen LogP contribution in [0.5, 0.6) is 0 Å². The normalized spacial score (nSPS) is 16.2. The van der Waals surface area contributed by atoms with Crippen molar-refractivity contribution in [1.82, 2.24) is 15.2 Å². The van der Waals surface area contributed by atoms with Crippen LogP contribution in [0, 0.1) is 5.82 Å². The highest BCUT2D eigenvalue weighted by Crippen LogP contribution is 2.28. The highest BCUT2D eigenvalue weighted by Gasteiger charge is 2.34. The second-order valence-corrected chi connectivity index (χ2v) is 9.33. The van der Waals surface area contributed by atoms with Crippen molar-refractivity contribution >= 4 is 46.2 Å². The van der Waals surface area contributed by atoms with Crippen LogP contribution in [0.15, 0.2) is 47.2 Å². The minimum atomic E-state index is -0.517. The Labute approximate surface area is 180 Å². The van der Waals surface area contributed by atoms with E-state index in [2.05, 4.69) is 10.3 Å². The molecule has 2 amide bonds. The molecule has 0 aliphatic carbocycles. The Morgan fingerprint density at radius 2 is 2.14 bits per heavy atom. The van der Waals surface area contributed by atoms with Crippen LogP contribution in [-0.2, 0) is 22.6 Å². The molecule has 0 bridgehead atoms. The zero-order valence-corrected chi connectivity index (χ0v) is 17.8. The number of rotatable bonds is 6. The fraction of sp³-hybridized carbons (Fsp3) is 0.250. The number of nitrogens with one attached hydrogen (secondary N) is 1. The van der Waals surface area contributed by atoms with E-state index in [0.717, 1.165) is 15.6 Å². The third-order valence-corrected chi connectivity index (χ3v) is 7.42. The quantitative estimate of drug-likeness (QED) is 0.625. The molecule has 1 saturated heterocycles. The summed E-state index contributed by atoms with van der Waals surface area (Å²) in [5.41, 5.74) is 1.41. The van der Waals surface area contributed by atoms with Gasteiger partial charge in [-0.3, -0.25) is 9.59 Å². The second kappa shape index (κ2) is 9.06. The van der Waals surface area contributed by atoms with Crippen molar-refractivity contribution in [2.45, 2.75) is 19.0 Å². The van der Waals surface area contributed by atoms with E-state index in [0.29, 0.717) is 23.7 Å². The van der Waals surface area contributed by atoms with E-state index in [9.17, 15) is 14.0 Å². The van der Waals surface area contributed by atoms with Crippen LogP contribution in [0.2, 0.25) is 0 Å². The van der Waals surface area contributed by atoms with Crippen LogP contribution in [0.3, 0.4) is 0 Å². The molecule has 1 atom stereocenters. The van der Waals surface area contributed by atoms with Crippen molar-refractivity contribution in [3.8, 4) is 9.88 Å².